The van der Waals surface area contributed by atoms with Crippen LogP contribution in [0.15, 0.2) is 12.1 Å². The molecule has 1 saturated carbocycles. The summed E-state index contributed by atoms with van der Waals surface area (Å²) in [6.45, 7) is 0.0183. The monoisotopic (exact) mass is 395 g/mol. The second kappa shape index (κ2) is 7.64. The first kappa shape index (κ1) is 19.3. The summed E-state index contributed by atoms with van der Waals surface area (Å²) in [4.78, 5) is 38.2. The van der Waals surface area contributed by atoms with Crippen LogP contribution in [0.25, 0.3) is 0 Å². The number of carbonyl (C=O) groups is 3. The Morgan fingerprint density at radius 2 is 1.89 bits per heavy atom. The summed E-state index contributed by atoms with van der Waals surface area (Å²) in [7, 11) is 2.95. The number of imide groups is 1. The molecule has 1 aliphatic heterocycles. The molecule has 9 heteroatoms. The third-order valence-electron chi connectivity index (χ3n) is 5.01. The third kappa shape index (κ3) is 3.66. The molecule has 27 heavy (non-hydrogen) atoms. The van der Waals surface area contributed by atoms with Gasteiger partial charge in [-0.3, -0.25) is 14.5 Å². The van der Waals surface area contributed by atoms with Crippen molar-refractivity contribution in [1.82, 2.24) is 10.2 Å². The number of carbonyl (C=O) groups excluding carboxylic acids is 3. The van der Waals surface area contributed by atoms with Crippen LogP contribution in [0.2, 0.25) is 5.02 Å². The van der Waals surface area contributed by atoms with Gasteiger partial charge in [0.25, 0.3) is 5.91 Å². The Morgan fingerprint density at radius 3 is 2.52 bits per heavy atom. The summed E-state index contributed by atoms with van der Waals surface area (Å²) in [5.74, 6) is 0.225. The molecule has 0 aromatic heterocycles. The normalized spacial score (nSPS) is 18.0. The minimum atomic E-state index is -0.764. The summed E-state index contributed by atoms with van der Waals surface area (Å²) in [6, 6.07) is 2.66. The van der Waals surface area contributed by atoms with Crippen LogP contribution in [-0.2, 0) is 9.59 Å². The zero-order chi connectivity index (χ0) is 19.6. The Hall–Kier alpha value is -2.48. The molecule has 1 aromatic rings. The van der Waals surface area contributed by atoms with E-state index in [1.807, 2.05) is 0 Å². The molecule has 4 amide bonds. The minimum Gasteiger partial charge on any atom is -0.495 e. The SMILES string of the molecule is COc1cc(OC)c(NC(=O)CCN2C(=O)NC3(CCCC3)C2=O)cc1Cl. The van der Waals surface area contributed by atoms with Gasteiger partial charge in [-0.15, -0.1) is 0 Å². The number of methoxy groups -OCH3 is 2. The van der Waals surface area contributed by atoms with Crippen molar-refractivity contribution in [1.29, 1.82) is 0 Å². The molecule has 1 aliphatic carbocycles. The van der Waals surface area contributed by atoms with Crippen molar-refractivity contribution in [2.45, 2.75) is 37.6 Å². The van der Waals surface area contributed by atoms with Gasteiger partial charge >= 0.3 is 6.03 Å². The number of ether oxygens (including phenoxy) is 2. The Kier molecular flexibility index (Phi) is 5.46. The van der Waals surface area contributed by atoms with Gasteiger partial charge in [-0.25, -0.2) is 4.79 Å². The molecular weight excluding hydrogens is 374 g/mol. The topological polar surface area (TPSA) is 97.0 Å². The van der Waals surface area contributed by atoms with Crippen molar-refractivity contribution in [3.63, 3.8) is 0 Å². The van der Waals surface area contributed by atoms with E-state index >= 15 is 0 Å². The highest BCUT2D eigenvalue weighted by Crippen LogP contribution is 2.36. The fourth-order valence-corrected chi connectivity index (χ4v) is 3.82. The van der Waals surface area contributed by atoms with Gasteiger partial charge in [-0.1, -0.05) is 24.4 Å². The zero-order valence-corrected chi connectivity index (χ0v) is 16.0. The van der Waals surface area contributed by atoms with Gasteiger partial charge in [0.2, 0.25) is 5.91 Å². The van der Waals surface area contributed by atoms with E-state index in [0.29, 0.717) is 35.1 Å². The highest BCUT2D eigenvalue weighted by Gasteiger charge is 2.52. The van der Waals surface area contributed by atoms with Crippen LogP contribution >= 0.6 is 11.6 Å². The number of rotatable bonds is 6. The molecule has 1 aromatic carbocycles. The largest absolute Gasteiger partial charge is 0.495 e. The van der Waals surface area contributed by atoms with E-state index in [4.69, 9.17) is 21.1 Å². The maximum atomic E-state index is 12.6. The van der Waals surface area contributed by atoms with Crippen LogP contribution in [-0.4, -0.2) is 49.0 Å². The van der Waals surface area contributed by atoms with Crippen molar-refractivity contribution < 1.29 is 23.9 Å². The first-order valence-corrected chi connectivity index (χ1v) is 9.13. The minimum absolute atomic E-state index is 0.0183. The molecule has 0 bridgehead atoms. The number of halogens is 1. The zero-order valence-electron chi connectivity index (χ0n) is 15.3. The Bertz CT molecular complexity index is 777. The van der Waals surface area contributed by atoms with Crippen LogP contribution in [0.5, 0.6) is 11.5 Å². The molecule has 2 N–H and O–H groups in total. The first-order chi connectivity index (χ1) is 12.9. The Morgan fingerprint density at radius 1 is 1.22 bits per heavy atom. The number of nitrogens with one attached hydrogen (secondary N) is 2. The van der Waals surface area contributed by atoms with Crippen molar-refractivity contribution >= 4 is 35.1 Å². The molecule has 1 saturated heterocycles. The fraction of sp³-hybridized carbons (Fsp3) is 0.500. The summed E-state index contributed by atoms with van der Waals surface area (Å²) in [5, 5.41) is 5.81. The van der Waals surface area contributed by atoms with E-state index in [1.54, 1.807) is 6.07 Å². The third-order valence-corrected chi connectivity index (χ3v) is 5.31. The lowest BCUT2D eigenvalue weighted by molar-refractivity contribution is -0.131. The fourth-order valence-electron chi connectivity index (χ4n) is 3.58. The maximum absolute atomic E-state index is 12.6. The number of anilines is 1. The molecule has 1 spiro atoms. The average molecular weight is 396 g/mol. The van der Waals surface area contributed by atoms with Gasteiger partial charge in [-0.05, 0) is 18.9 Å². The lowest BCUT2D eigenvalue weighted by Crippen LogP contribution is -2.44. The molecule has 3 rings (SSSR count). The molecule has 146 valence electrons. The van der Waals surface area contributed by atoms with Crippen LogP contribution in [0.3, 0.4) is 0 Å². The molecule has 8 nitrogen and oxygen atoms in total. The summed E-state index contributed by atoms with van der Waals surface area (Å²) in [5.41, 5.74) is -0.377. The van der Waals surface area contributed by atoms with E-state index < -0.39 is 11.6 Å². The number of benzene rings is 1. The molecule has 0 atom stereocenters. The van der Waals surface area contributed by atoms with Gasteiger partial charge in [-0.2, -0.15) is 0 Å². The Labute approximate surface area is 162 Å². The molecule has 1 heterocycles. The van der Waals surface area contributed by atoms with Gasteiger partial charge in [0, 0.05) is 19.0 Å². The highest BCUT2D eigenvalue weighted by atomic mass is 35.5. The van der Waals surface area contributed by atoms with Crippen molar-refractivity contribution in [2.24, 2.45) is 0 Å². The predicted molar refractivity (Wildman–Crippen MR) is 99.2 cm³/mol. The quantitative estimate of drug-likeness (QED) is 0.721. The summed E-state index contributed by atoms with van der Waals surface area (Å²) in [6.07, 6.45) is 3.11. The van der Waals surface area contributed by atoms with E-state index in [1.165, 1.54) is 20.3 Å². The summed E-state index contributed by atoms with van der Waals surface area (Å²) < 4.78 is 10.4. The maximum Gasteiger partial charge on any atom is 0.325 e. The smallest absolute Gasteiger partial charge is 0.325 e. The molecule has 2 fully saturated rings. The van der Waals surface area contributed by atoms with E-state index in [0.717, 1.165) is 17.7 Å². The van der Waals surface area contributed by atoms with Crippen LogP contribution in [0.1, 0.15) is 32.1 Å². The van der Waals surface area contributed by atoms with Gasteiger partial charge in [0.05, 0.1) is 24.9 Å². The van der Waals surface area contributed by atoms with Crippen LogP contribution in [0, 0.1) is 0 Å². The van der Waals surface area contributed by atoms with Gasteiger partial charge < -0.3 is 20.1 Å². The van der Waals surface area contributed by atoms with Crippen LogP contribution in [0.4, 0.5) is 10.5 Å². The van der Waals surface area contributed by atoms with Crippen molar-refractivity contribution in [2.75, 3.05) is 26.1 Å². The lowest BCUT2D eigenvalue weighted by atomic mass is 9.98. The van der Waals surface area contributed by atoms with Crippen molar-refractivity contribution in [3.05, 3.63) is 17.2 Å². The number of amides is 4. The van der Waals surface area contributed by atoms with E-state index in [-0.39, 0.29) is 24.8 Å². The number of hydrogen-bond acceptors (Lipinski definition) is 5. The Balaban J connectivity index is 1.63. The number of hydrogen-bond donors (Lipinski definition) is 2. The first-order valence-electron chi connectivity index (χ1n) is 8.75. The predicted octanol–water partition coefficient (Wildman–Crippen LogP) is 2.55. The van der Waals surface area contributed by atoms with Gasteiger partial charge in [0.1, 0.15) is 17.0 Å². The molecular formula is C18H22ClN3O5. The summed E-state index contributed by atoms with van der Waals surface area (Å²) >= 11 is 6.09. The van der Waals surface area contributed by atoms with Gasteiger partial charge in [0.15, 0.2) is 0 Å². The molecule has 0 unspecified atom stereocenters. The second-order valence-electron chi connectivity index (χ2n) is 6.66. The molecule has 0 radical (unpaired) electrons. The highest BCUT2D eigenvalue weighted by molar-refractivity contribution is 6.32. The van der Waals surface area contributed by atoms with Crippen molar-refractivity contribution in [3.8, 4) is 11.5 Å². The number of urea groups is 1. The molecule has 2 aliphatic rings. The van der Waals surface area contributed by atoms with E-state index in [2.05, 4.69) is 10.6 Å². The second-order valence-corrected chi connectivity index (χ2v) is 7.07. The average Bonchev–Trinajstić information content (AvgIpc) is 3.19. The van der Waals surface area contributed by atoms with E-state index in [9.17, 15) is 14.4 Å². The number of nitrogens with zero attached hydrogens (tertiary/aromatic N) is 1. The lowest BCUT2D eigenvalue weighted by Gasteiger charge is -2.20. The standard InChI is InChI=1S/C18H22ClN3O5/c1-26-13-10-14(27-2)12(9-11(13)19)20-15(23)5-8-22-16(24)18(21-17(22)25)6-3-4-7-18/h9-10H,3-8H2,1-2H3,(H,20,23)(H,21,25). The van der Waals surface area contributed by atoms with Crippen LogP contribution < -0.4 is 20.1 Å².